The molecule has 7 nitrogen and oxygen atoms in total. The smallest absolute Gasteiger partial charge is 0.264 e. The van der Waals surface area contributed by atoms with E-state index in [-0.39, 0.29) is 11.7 Å². The number of rotatable bonds is 6. The lowest BCUT2D eigenvalue weighted by Crippen LogP contribution is -2.24. The Labute approximate surface area is 103 Å². The van der Waals surface area contributed by atoms with Crippen LogP contribution in [0.1, 0.15) is 34.6 Å². The van der Waals surface area contributed by atoms with Crippen molar-refractivity contribution in [2.45, 2.75) is 26.2 Å². The fourth-order valence-electron chi connectivity index (χ4n) is 1.20. The summed E-state index contributed by atoms with van der Waals surface area (Å²) in [7, 11) is 0. The molecule has 1 amide bonds. The van der Waals surface area contributed by atoms with Gasteiger partial charge in [0.1, 0.15) is 10.7 Å². The number of amides is 1. The van der Waals surface area contributed by atoms with E-state index in [1.165, 1.54) is 0 Å². The molecule has 0 fully saturated rings. The standard InChI is InChI=1S/C9H15N5O2S/c1-6-8(17-14-12-6)9(15)11-5-3-2-4-7(10)13-16/h16H,2-5H2,1H3,(H2,10,13)(H,11,15). The third-order valence-corrected chi connectivity index (χ3v) is 2.96. The van der Waals surface area contributed by atoms with E-state index in [1.807, 2.05) is 0 Å². The first kappa shape index (κ1) is 13.4. The molecule has 4 N–H and O–H groups in total. The van der Waals surface area contributed by atoms with Crippen LogP contribution in [0.25, 0.3) is 0 Å². The van der Waals surface area contributed by atoms with E-state index in [0.717, 1.165) is 24.4 Å². The minimum absolute atomic E-state index is 0.152. The van der Waals surface area contributed by atoms with Gasteiger partial charge < -0.3 is 16.3 Å². The maximum Gasteiger partial charge on any atom is 0.264 e. The van der Waals surface area contributed by atoms with Gasteiger partial charge in [0.05, 0.1) is 5.69 Å². The number of nitrogens with one attached hydrogen (secondary N) is 1. The molecule has 1 aromatic heterocycles. The Kier molecular flexibility index (Phi) is 5.34. The van der Waals surface area contributed by atoms with E-state index >= 15 is 0 Å². The maximum absolute atomic E-state index is 11.6. The first-order valence-corrected chi connectivity index (χ1v) is 5.96. The van der Waals surface area contributed by atoms with Crippen molar-refractivity contribution in [2.75, 3.05) is 6.54 Å². The van der Waals surface area contributed by atoms with Gasteiger partial charge in [-0.2, -0.15) is 0 Å². The van der Waals surface area contributed by atoms with E-state index in [2.05, 4.69) is 20.1 Å². The van der Waals surface area contributed by atoms with E-state index in [9.17, 15) is 4.79 Å². The summed E-state index contributed by atoms with van der Waals surface area (Å²) in [4.78, 5) is 12.2. The van der Waals surface area contributed by atoms with Crippen molar-refractivity contribution in [2.24, 2.45) is 10.9 Å². The van der Waals surface area contributed by atoms with Gasteiger partial charge in [-0.1, -0.05) is 9.64 Å². The van der Waals surface area contributed by atoms with Gasteiger partial charge in [-0.25, -0.2) is 0 Å². The second kappa shape index (κ2) is 6.79. The number of oxime groups is 1. The molecule has 0 bridgehead atoms. The minimum atomic E-state index is -0.152. The first-order valence-electron chi connectivity index (χ1n) is 5.18. The van der Waals surface area contributed by atoms with Gasteiger partial charge in [-0.15, -0.1) is 5.10 Å². The van der Waals surface area contributed by atoms with Gasteiger partial charge in [-0.05, 0) is 31.3 Å². The molecule has 0 aromatic carbocycles. The number of hydrogen-bond donors (Lipinski definition) is 3. The molecule has 0 aliphatic carbocycles. The van der Waals surface area contributed by atoms with Crippen LogP contribution in [0, 0.1) is 6.92 Å². The molecule has 0 spiro atoms. The average Bonchev–Trinajstić information content (AvgIpc) is 2.74. The number of aromatic nitrogens is 2. The number of hydrogen-bond acceptors (Lipinski definition) is 6. The molecule has 1 aromatic rings. The van der Waals surface area contributed by atoms with Gasteiger partial charge in [-0.3, -0.25) is 4.79 Å². The van der Waals surface area contributed by atoms with Crippen molar-refractivity contribution in [3.05, 3.63) is 10.6 Å². The SMILES string of the molecule is Cc1nnsc1C(=O)NCCCCC(N)=NO. The molecule has 0 unspecified atom stereocenters. The van der Waals surface area contributed by atoms with Gasteiger partial charge in [0.2, 0.25) is 0 Å². The van der Waals surface area contributed by atoms with Crippen LogP contribution in [-0.2, 0) is 0 Å². The Morgan fingerprint density at radius 2 is 2.35 bits per heavy atom. The largest absolute Gasteiger partial charge is 0.409 e. The average molecular weight is 257 g/mol. The lowest BCUT2D eigenvalue weighted by molar-refractivity contribution is 0.0956. The zero-order valence-electron chi connectivity index (χ0n) is 9.51. The van der Waals surface area contributed by atoms with Crippen LogP contribution in [0.2, 0.25) is 0 Å². The summed E-state index contributed by atoms with van der Waals surface area (Å²) in [5.74, 6) is 0.0557. The molecule has 0 saturated carbocycles. The topological polar surface area (TPSA) is 113 Å². The highest BCUT2D eigenvalue weighted by Gasteiger charge is 2.11. The van der Waals surface area contributed by atoms with E-state index in [0.29, 0.717) is 23.5 Å². The quantitative estimate of drug-likeness (QED) is 0.226. The zero-order chi connectivity index (χ0) is 12.7. The third-order valence-electron chi connectivity index (χ3n) is 2.13. The second-order valence-corrected chi connectivity index (χ2v) is 4.25. The molecule has 0 atom stereocenters. The van der Waals surface area contributed by atoms with Crippen LogP contribution in [0.4, 0.5) is 0 Å². The summed E-state index contributed by atoms with van der Waals surface area (Å²) in [5.41, 5.74) is 5.95. The Morgan fingerprint density at radius 3 is 2.94 bits per heavy atom. The van der Waals surface area contributed by atoms with Crippen LogP contribution in [0.3, 0.4) is 0 Å². The molecule has 17 heavy (non-hydrogen) atoms. The highest BCUT2D eigenvalue weighted by atomic mass is 32.1. The molecule has 0 aliphatic rings. The number of amidine groups is 1. The maximum atomic E-state index is 11.6. The lowest BCUT2D eigenvalue weighted by Gasteiger charge is -2.03. The zero-order valence-corrected chi connectivity index (χ0v) is 10.3. The molecule has 1 rings (SSSR count). The van der Waals surface area contributed by atoms with E-state index in [1.54, 1.807) is 6.92 Å². The molecule has 0 saturated heterocycles. The number of unbranched alkanes of at least 4 members (excludes halogenated alkanes) is 1. The van der Waals surface area contributed by atoms with Gasteiger partial charge in [0.25, 0.3) is 5.91 Å². The summed E-state index contributed by atoms with van der Waals surface area (Å²) in [6, 6.07) is 0. The summed E-state index contributed by atoms with van der Waals surface area (Å²) < 4.78 is 3.69. The number of nitrogens with zero attached hydrogens (tertiary/aromatic N) is 3. The summed E-state index contributed by atoms with van der Waals surface area (Å²) in [5, 5.41) is 17.7. The fraction of sp³-hybridized carbons (Fsp3) is 0.556. The first-order chi connectivity index (χ1) is 8.15. The van der Waals surface area contributed by atoms with Crippen molar-refractivity contribution in [1.29, 1.82) is 0 Å². The van der Waals surface area contributed by atoms with Crippen molar-refractivity contribution >= 4 is 23.3 Å². The normalized spacial score (nSPS) is 11.5. The Hall–Kier alpha value is -1.70. The monoisotopic (exact) mass is 257 g/mol. The lowest BCUT2D eigenvalue weighted by atomic mass is 10.2. The molecule has 1 heterocycles. The Balaban J connectivity index is 2.20. The van der Waals surface area contributed by atoms with Crippen LogP contribution >= 0.6 is 11.5 Å². The van der Waals surface area contributed by atoms with Crippen LogP contribution in [0.5, 0.6) is 0 Å². The molecule has 0 aliphatic heterocycles. The molecule has 0 radical (unpaired) electrons. The van der Waals surface area contributed by atoms with Gasteiger partial charge in [0.15, 0.2) is 0 Å². The molecule has 94 valence electrons. The summed E-state index contributed by atoms with van der Waals surface area (Å²) in [6.45, 7) is 2.30. The molecule has 8 heteroatoms. The summed E-state index contributed by atoms with van der Waals surface area (Å²) >= 11 is 1.08. The van der Waals surface area contributed by atoms with E-state index < -0.39 is 0 Å². The van der Waals surface area contributed by atoms with Crippen LogP contribution < -0.4 is 11.1 Å². The van der Waals surface area contributed by atoms with Crippen molar-refractivity contribution in [3.63, 3.8) is 0 Å². The van der Waals surface area contributed by atoms with Crippen LogP contribution in [-0.4, -0.2) is 33.1 Å². The summed E-state index contributed by atoms with van der Waals surface area (Å²) in [6.07, 6.45) is 2.05. The highest BCUT2D eigenvalue weighted by molar-refractivity contribution is 7.07. The third kappa shape index (κ3) is 4.35. The molecular weight excluding hydrogens is 242 g/mol. The number of nitrogens with two attached hydrogens (primary N) is 1. The predicted molar refractivity (Wildman–Crippen MR) is 64.2 cm³/mol. The van der Waals surface area contributed by atoms with Crippen molar-refractivity contribution in [1.82, 2.24) is 14.9 Å². The van der Waals surface area contributed by atoms with Crippen LogP contribution in [0.15, 0.2) is 5.16 Å². The van der Waals surface area contributed by atoms with Crippen molar-refractivity contribution in [3.8, 4) is 0 Å². The fourth-order valence-corrected chi connectivity index (χ4v) is 1.78. The van der Waals surface area contributed by atoms with Crippen molar-refractivity contribution < 1.29 is 10.0 Å². The molecular formula is C9H15N5O2S. The number of carbonyl (C=O) groups excluding carboxylic acids is 1. The second-order valence-electron chi connectivity index (χ2n) is 3.49. The number of aryl methyl sites for hydroxylation is 1. The van der Waals surface area contributed by atoms with E-state index in [4.69, 9.17) is 10.9 Å². The minimum Gasteiger partial charge on any atom is -0.409 e. The van der Waals surface area contributed by atoms with Gasteiger partial charge in [0, 0.05) is 13.0 Å². The number of carbonyl (C=O) groups is 1. The Morgan fingerprint density at radius 1 is 1.59 bits per heavy atom. The predicted octanol–water partition coefficient (Wildman–Crippen LogP) is 0.493. The van der Waals surface area contributed by atoms with Gasteiger partial charge >= 0.3 is 0 Å². The highest BCUT2D eigenvalue weighted by Crippen LogP contribution is 2.08. The Bertz CT molecular complexity index is 404.